The van der Waals surface area contributed by atoms with E-state index in [4.69, 9.17) is 9.47 Å². The molecular formula is C14H20O3. The first-order chi connectivity index (χ1) is 8.35. The van der Waals surface area contributed by atoms with Gasteiger partial charge >= 0.3 is 0 Å². The van der Waals surface area contributed by atoms with E-state index in [0.717, 1.165) is 37.4 Å². The van der Waals surface area contributed by atoms with Crippen molar-refractivity contribution in [1.29, 1.82) is 0 Å². The van der Waals surface area contributed by atoms with Gasteiger partial charge in [-0.3, -0.25) is 0 Å². The van der Waals surface area contributed by atoms with Gasteiger partial charge in [0, 0.05) is 19.1 Å². The Morgan fingerprint density at radius 3 is 3.12 bits per heavy atom. The molecule has 1 aromatic carbocycles. The van der Waals surface area contributed by atoms with Crippen LogP contribution in [0.4, 0.5) is 0 Å². The number of aliphatic hydroxyl groups is 1. The van der Waals surface area contributed by atoms with E-state index in [1.807, 2.05) is 24.3 Å². The van der Waals surface area contributed by atoms with Crippen LogP contribution in [0.25, 0.3) is 0 Å². The fraction of sp³-hybridized carbons (Fsp3) is 0.571. The number of ether oxygens (including phenoxy) is 2. The van der Waals surface area contributed by atoms with E-state index >= 15 is 0 Å². The Labute approximate surface area is 102 Å². The van der Waals surface area contributed by atoms with Crippen LogP contribution in [0.3, 0.4) is 0 Å². The molecule has 1 aliphatic heterocycles. The van der Waals surface area contributed by atoms with Crippen LogP contribution in [0.2, 0.25) is 0 Å². The summed E-state index contributed by atoms with van der Waals surface area (Å²) in [6.45, 7) is 3.74. The van der Waals surface area contributed by atoms with Crippen LogP contribution in [0.15, 0.2) is 24.3 Å². The Bertz CT molecular complexity index is 351. The van der Waals surface area contributed by atoms with Gasteiger partial charge in [0.15, 0.2) is 0 Å². The summed E-state index contributed by atoms with van der Waals surface area (Å²) in [6.07, 6.45) is 1.95. The number of rotatable bonds is 5. The van der Waals surface area contributed by atoms with Gasteiger partial charge < -0.3 is 14.6 Å². The van der Waals surface area contributed by atoms with Crippen molar-refractivity contribution in [2.45, 2.75) is 25.9 Å². The maximum Gasteiger partial charge on any atom is 0.119 e. The molecule has 1 aromatic rings. The minimum absolute atomic E-state index is 0.0187. The third-order valence-corrected chi connectivity index (χ3v) is 3.11. The van der Waals surface area contributed by atoms with Crippen molar-refractivity contribution in [1.82, 2.24) is 0 Å². The molecule has 0 bridgehead atoms. The second-order valence-electron chi connectivity index (χ2n) is 4.44. The highest BCUT2D eigenvalue weighted by molar-refractivity contribution is 5.30. The molecule has 2 unspecified atom stereocenters. The molecule has 3 heteroatoms. The molecule has 0 spiro atoms. The Morgan fingerprint density at radius 2 is 2.35 bits per heavy atom. The van der Waals surface area contributed by atoms with Crippen molar-refractivity contribution < 1.29 is 14.6 Å². The molecule has 1 heterocycles. The standard InChI is InChI=1S/C14H20O3/c1-2-7-16-13-5-3-4-11(9-13)14-12(10-15)6-8-17-14/h3-5,9,12,14-15H,2,6-8,10H2,1H3. The highest BCUT2D eigenvalue weighted by Crippen LogP contribution is 2.35. The number of hydrogen-bond donors (Lipinski definition) is 1. The lowest BCUT2D eigenvalue weighted by atomic mass is 9.96. The van der Waals surface area contributed by atoms with Gasteiger partial charge in [-0.15, -0.1) is 0 Å². The summed E-state index contributed by atoms with van der Waals surface area (Å²) in [5, 5.41) is 9.30. The Hall–Kier alpha value is -1.06. The van der Waals surface area contributed by atoms with Crippen LogP contribution >= 0.6 is 0 Å². The number of aliphatic hydroxyl groups excluding tert-OH is 1. The molecule has 1 N–H and O–H groups in total. The van der Waals surface area contributed by atoms with Crippen molar-refractivity contribution in [3.8, 4) is 5.75 Å². The SMILES string of the molecule is CCCOc1cccc(C2OCCC2CO)c1. The normalized spacial score (nSPS) is 23.9. The summed E-state index contributed by atoms with van der Waals surface area (Å²) in [5.74, 6) is 1.10. The number of benzene rings is 1. The predicted molar refractivity (Wildman–Crippen MR) is 66.1 cm³/mol. The summed E-state index contributed by atoms with van der Waals surface area (Å²) < 4.78 is 11.3. The minimum Gasteiger partial charge on any atom is -0.494 e. The first-order valence-electron chi connectivity index (χ1n) is 6.30. The van der Waals surface area contributed by atoms with Crippen LogP contribution < -0.4 is 4.74 Å². The summed E-state index contributed by atoms with van der Waals surface area (Å²) in [7, 11) is 0. The lowest BCUT2D eigenvalue weighted by Crippen LogP contribution is -2.11. The first-order valence-corrected chi connectivity index (χ1v) is 6.30. The van der Waals surface area contributed by atoms with Crippen molar-refractivity contribution in [2.75, 3.05) is 19.8 Å². The van der Waals surface area contributed by atoms with E-state index < -0.39 is 0 Å². The second kappa shape index (κ2) is 6.03. The zero-order valence-electron chi connectivity index (χ0n) is 10.3. The molecular weight excluding hydrogens is 216 g/mol. The average molecular weight is 236 g/mol. The third kappa shape index (κ3) is 2.99. The molecule has 0 amide bonds. The second-order valence-corrected chi connectivity index (χ2v) is 4.44. The van der Waals surface area contributed by atoms with Crippen LogP contribution in [0.1, 0.15) is 31.4 Å². The van der Waals surface area contributed by atoms with Gasteiger partial charge in [-0.2, -0.15) is 0 Å². The van der Waals surface area contributed by atoms with Crippen molar-refractivity contribution >= 4 is 0 Å². The summed E-state index contributed by atoms with van der Waals surface area (Å²) in [5.41, 5.74) is 1.11. The maximum absolute atomic E-state index is 9.30. The fourth-order valence-corrected chi connectivity index (χ4v) is 2.19. The topological polar surface area (TPSA) is 38.7 Å². The minimum atomic E-state index is 0.0187. The average Bonchev–Trinajstić information content (AvgIpc) is 2.85. The van der Waals surface area contributed by atoms with Crippen molar-refractivity contribution in [3.05, 3.63) is 29.8 Å². The molecule has 2 atom stereocenters. The third-order valence-electron chi connectivity index (χ3n) is 3.11. The van der Waals surface area contributed by atoms with E-state index in [2.05, 4.69) is 6.92 Å². The monoisotopic (exact) mass is 236 g/mol. The zero-order valence-corrected chi connectivity index (χ0v) is 10.3. The van der Waals surface area contributed by atoms with Gasteiger partial charge in [-0.1, -0.05) is 19.1 Å². The van der Waals surface area contributed by atoms with Gasteiger partial charge in [-0.05, 0) is 30.5 Å². The van der Waals surface area contributed by atoms with Gasteiger partial charge in [0.05, 0.1) is 12.7 Å². The molecule has 1 saturated heterocycles. The van der Waals surface area contributed by atoms with Crippen LogP contribution in [-0.4, -0.2) is 24.9 Å². The lowest BCUT2D eigenvalue weighted by molar-refractivity contribution is 0.0718. The Morgan fingerprint density at radius 1 is 1.47 bits per heavy atom. The molecule has 0 aliphatic carbocycles. The smallest absolute Gasteiger partial charge is 0.119 e. The molecule has 0 saturated carbocycles. The maximum atomic E-state index is 9.30. The molecule has 3 nitrogen and oxygen atoms in total. The molecule has 2 rings (SSSR count). The van der Waals surface area contributed by atoms with E-state index in [-0.39, 0.29) is 18.6 Å². The Kier molecular flexibility index (Phi) is 4.40. The van der Waals surface area contributed by atoms with Crippen molar-refractivity contribution in [3.63, 3.8) is 0 Å². The van der Waals surface area contributed by atoms with Gasteiger partial charge in [0.25, 0.3) is 0 Å². The van der Waals surface area contributed by atoms with E-state index in [1.54, 1.807) is 0 Å². The first kappa shape index (κ1) is 12.4. The molecule has 0 radical (unpaired) electrons. The highest BCUT2D eigenvalue weighted by atomic mass is 16.5. The quantitative estimate of drug-likeness (QED) is 0.854. The molecule has 17 heavy (non-hydrogen) atoms. The highest BCUT2D eigenvalue weighted by Gasteiger charge is 2.29. The number of hydrogen-bond acceptors (Lipinski definition) is 3. The Balaban J connectivity index is 2.09. The van der Waals surface area contributed by atoms with Crippen LogP contribution in [-0.2, 0) is 4.74 Å². The molecule has 94 valence electrons. The van der Waals surface area contributed by atoms with Crippen molar-refractivity contribution in [2.24, 2.45) is 5.92 Å². The van der Waals surface area contributed by atoms with Gasteiger partial charge in [0.1, 0.15) is 5.75 Å². The predicted octanol–water partition coefficient (Wildman–Crippen LogP) is 2.55. The van der Waals surface area contributed by atoms with Gasteiger partial charge in [0.2, 0.25) is 0 Å². The molecule has 1 aliphatic rings. The van der Waals surface area contributed by atoms with E-state index in [9.17, 15) is 5.11 Å². The lowest BCUT2D eigenvalue weighted by Gasteiger charge is -2.17. The van der Waals surface area contributed by atoms with E-state index in [1.165, 1.54) is 0 Å². The van der Waals surface area contributed by atoms with E-state index in [0.29, 0.717) is 0 Å². The molecule has 1 fully saturated rings. The summed E-state index contributed by atoms with van der Waals surface area (Å²) >= 11 is 0. The fourth-order valence-electron chi connectivity index (χ4n) is 2.19. The van der Waals surface area contributed by atoms with Gasteiger partial charge in [-0.25, -0.2) is 0 Å². The van der Waals surface area contributed by atoms with Crippen LogP contribution in [0.5, 0.6) is 5.75 Å². The summed E-state index contributed by atoms with van der Waals surface area (Å²) in [6, 6.07) is 8.00. The summed E-state index contributed by atoms with van der Waals surface area (Å²) in [4.78, 5) is 0. The zero-order chi connectivity index (χ0) is 12.1. The largest absolute Gasteiger partial charge is 0.494 e. The van der Waals surface area contributed by atoms with Crippen LogP contribution in [0, 0.1) is 5.92 Å². The molecule has 0 aromatic heterocycles.